The molecule has 0 aliphatic rings. The van der Waals surface area contributed by atoms with Crippen LogP contribution < -0.4 is 14.9 Å². The van der Waals surface area contributed by atoms with Crippen molar-refractivity contribution >= 4 is 68.0 Å². The summed E-state index contributed by atoms with van der Waals surface area (Å²) in [4.78, 5) is 24.4. The first kappa shape index (κ1) is 24.7. The zero-order valence-corrected chi connectivity index (χ0v) is 21.1. The molecule has 0 heterocycles. The van der Waals surface area contributed by atoms with Crippen LogP contribution in [0.2, 0.25) is 10.0 Å². The van der Waals surface area contributed by atoms with Gasteiger partial charge in [0, 0.05) is 5.02 Å². The lowest BCUT2D eigenvalue weighted by molar-refractivity contribution is -0.123. The van der Waals surface area contributed by atoms with Crippen LogP contribution >= 0.6 is 39.1 Å². The summed E-state index contributed by atoms with van der Waals surface area (Å²) in [5, 5.41) is 6.62. The fourth-order valence-electron chi connectivity index (χ4n) is 3.12. The number of amides is 1. The van der Waals surface area contributed by atoms with Crippen molar-refractivity contribution in [1.29, 1.82) is 0 Å². The van der Waals surface area contributed by atoms with E-state index in [0.717, 1.165) is 15.2 Å². The van der Waals surface area contributed by atoms with Gasteiger partial charge in [-0.2, -0.15) is 5.10 Å². The Hall–Kier alpha value is -3.39. The highest BCUT2D eigenvalue weighted by Gasteiger charge is 2.13. The molecule has 0 fully saturated rings. The third-order valence-corrected chi connectivity index (χ3v) is 6.20. The smallest absolute Gasteiger partial charge is 0.345 e. The molecule has 0 aromatic heterocycles. The zero-order chi connectivity index (χ0) is 24.8. The van der Waals surface area contributed by atoms with Crippen molar-refractivity contribution in [3.8, 4) is 11.5 Å². The first-order valence-corrected chi connectivity index (χ1v) is 11.8. The normalized spacial score (nSPS) is 10.9. The van der Waals surface area contributed by atoms with Crippen LogP contribution in [0.25, 0.3) is 10.8 Å². The molecule has 0 spiro atoms. The largest absolute Gasteiger partial charge is 0.483 e. The number of halogens is 3. The van der Waals surface area contributed by atoms with Gasteiger partial charge in [-0.25, -0.2) is 10.2 Å². The number of fused-ring (bicyclic) bond motifs is 1. The number of rotatable bonds is 7. The van der Waals surface area contributed by atoms with Crippen LogP contribution in [-0.4, -0.2) is 24.7 Å². The van der Waals surface area contributed by atoms with Gasteiger partial charge >= 0.3 is 5.97 Å². The molecule has 35 heavy (non-hydrogen) atoms. The quantitative estimate of drug-likeness (QED) is 0.116. The average Bonchev–Trinajstić information content (AvgIpc) is 2.85. The van der Waals surface area contributed by atoms with Crippen molar-refractivity contribution in [3.63, 3.8) is 0 Å². The van der Waals surface area contributed by atoms with E-state index in [-0.39, 0.29) is 17.2 Å². The van der Waals surface area contributed by atoms with E-state index in [2.05, 4.69) is 26.5 Å². The molecule has 0 bridgehead atoms. The molecule has 0 aliphatic heterocycles. The molecule has 0 saturated carbocycles. The van der Waals surface area contributed by atoms with Crippen LogP contribution in [-0.2, 0) is 4.79 Å². The number of nitrogens with zero attached hydrogens (tertiary/aromatic N) is 1. The van der Waals surface area contributed by atoms with Crippen LogP contribution in [0.3, 0.4) is 0 Å². The Morgan fingerprint density at radius 3 is 2.51 bits per heavy atom. The number of esters is 1. The summed E-state index contributed by atoms with van der Waals surface area (Å²) in [7, 11) is 0. The van der Waals surface area contributed by atoms with Gasteiger partial charge in [0.2, 0.25) is 0 Å². The second kappa shape index (κ2) is 11.4. The molecular weight excluding hydrogens is 555 g/mol. The van der Waals surface area contributed by atoms with Gasteiger partial charge in [0.1, 0.15) is 11.5 Å². The van der Waals surface area contributed by atoms with E-state index in [9.17, 15) is 9.59 Å². The number of carbonyl (C=O) groups is 2. The Kier molecular flexibility index (Phi) is 8.02. The molecule has 0 atom stereocenters. The van der Waals surface area contributed by atoms with Gasteiger partial charge in [-0.3, -0.25) is 4.79 Å². The van der Waals surface area contributed by atoms with Crippen molar-refractivity contribution in [2.45, 2.75) is 0 Å². The SMILES string of the molecule is O=C(COc1ccc2ccccc2c1Br)N/N=C/c1ccc(OC(=O)c2ccc(Cl)cc2Cl)cc1. The number of hydrazone groups is 1. The van der Waals surface area contributed by atoms with Gasteiger partial charge in [0.05, 0.1) is 21.3 Å². The molecule has 176 valence electrons. The third-order valence-electron chi connectivity index (χ3n) is 4.83. The highest BCUT2D eigenvalue weighted by molar-refractivity contribution is 9.10. The predicted octanol–water partition coefficient (Wildman–Crippen LogP) is 6.66. The molecule has 6 nitrogen and oxygen atoms in total. The average molecular weight is 572 g/mol. The van der Waals surface area contributed by atoms with E-state index >= 15 is 0 Å². The van der Waals surface area contributed by atoms with Crippen molar-refractivity contribution < 1.29 is 19.1 Å². The summed E-state index contributed by atoms with van der Waals surface area (Å²) >= 11 is 15.4. The molecule has 4 rings (SSSR count). The molecule has 0 radical (unpaired) electrons. The molecular formula is C26H17BrCl2N2O4. The second-order valence-corrected chi connectivity index (χ2v) is 8.90. The summed E-state index contributed by atoms with van der Waals surface area (Å²) < 4.78 is 11.7. The maximum absolute atomic E-state index is 12.3. The van der Waals surface area contributed by atoms with Crippen molar-refractivity contribution in [2.24, 2.45) is 5.10 Å². The summed E-state index contributed by atoms with van der Waals surface area (Å²) in [5.74, 6) is -0.116. The van der Waals surface area contributed by atoms with Crippen LogP contribution in [0.5, 0.6) is 11.5 Å². The van der Waals surface area contributed by atoms with Crippen LogP contribution in [0.4, 0.5) is 0 Å². The van der Waals surface area contributed by atoms with Crippen LogP contribution in [0, 0.1) is 0 Å². The zero-order valence-electron chi connectivity index (χ0n) is 18.0. The minimum absolute atomic E-state index is 0.198. The number of hydrogen-bond donors (Lipinski definition) is 1. The summed E-state index contributed by atoms with van der Waals surface area (Å²) in [6, 6.07) is 22.7. The lowest BCUT2D eigenvalue weighted by Crippen LogP contribution is -2.24. The number of ether oxygens (including phenoxy) is 2. The van der Waals surface area contributed by atoms with Crippen molar-refractivity contribution in [2.75, 3.05) is 6.61 Å². The molecule has 0 saturated heterocycles. The molecule has 0 unspecified atom stereocenters. The van der Waals surface area contributed by atoms with Gasteiger partial charge in [0.25, 0.3) is 5.91 Å². The summed E-state index contributed by atoms with van der Waals surface area (Å²) in [5.41, 5.74) is 3.31. The van der Waals surface area contributed by atoms with Crippen LogP contribution in [0.15, 0.2) is 88.4 Å². The van der Waals surface area contributed by atoms with E-state index in [4.69, 9.17) is 32.7 Å². The molecule has 0 aliphatic carbocycles. The maximum Gasteiger partial charge on any atom is 0.345 e. The van der Waals surface area contributed by atoms with Gasteiger partial charge < -0.3 is 9.47 Å². The highest BCUT2D eigenvalue weighted by atomic mass is 79.9. The first-order valence-electron chi connectivity index (χ1n) is 10.3. The number of carbonyl (C=O) groups excluding carboxylic acids is 2. The Labute approximate surface area is 219 Å². The molecule has 9 heteroatoms. The minimum Gasteiger partial charge on any atom is -0.483 e. The maximum atomic E-state index is 12.3. The van der Waals surface area contributed by atoms with Gasteiger partial charge in [-0.05, 0) is 80.8 Å². The van der Waals surface area contributed by atoms with Crippen LogP contribution in [0.1, 0.15) is 15.9 Å². The summed E-state index contributed by atoms with van der Waals surface area (Å²) in [6.07, 6.45) is 1.46. The minimum atomic E-state index is -0.599. The number of hydrogen-bond acceptors (Lipinski definition) is 5. The van der Waals surface area contributed by atoms with E-state index in [0.29, 0.717) is 22.1 Å². The summed E-state index contributed by atoms with van der Waals surface area (Å²) in [6.45, 7) is -0.198. The number of nitrogens with one attached hydrogen (secondary N) is 1. The Bertz CT molecular complexity index is 1430. The Morgan fingerprint density at radius 2 is 1.74 bits per heavy atom. The topological polar surface area (TPSA) is 77.0 Å². The first-order chi connectivity index (χ1) is 16.9. The molecule has 1 amide bonds. The van der Waals surface area contributed by atoms with Gasteiger partial charge in [0.15, 0.2) is 6.61 Å². The molecule has 4 aromatic carbocycles. The van der Waals surface area contributed by atoms with E-state index < -0.39 is 11.9 Å². The van der Waals surface area contributed by atoms with E-state index in [1.54, 1.807) is 36.4 Å². The Morgan fingerprint density at radius 1 is 0.971 bits per heavy atom. The van der Waals surface area contributed by atoms with Crippen molar-refractivity contribution in [1.82, 2.24) is 5.43 Å². The van der Waals surface area contributed by atoms with Gasteiger partial charge in [-0.1, -0.05) is 53.5 Å². The van der Waals surface area contributed by atoms with E-state index in [1.807, 2.05) is 30.3 Å². The van der Waals surface area contributed by atoms with Gasteiger partial charge in [-0.15, -0.1) is 0 Å². The highest BCUT2D eigenvalue weighted by Crippen LogP contribution is 2.33. The lowest BCUT2D eigenvalue weighted by Gasteiger charge is -2.09. The van der Waals surface area contributed by atoms with E-state index in [1.165, 1.54) is 18.3 Å². The fourth-order valence-corrected chi connectivity index (χ4v) is 4.21. The second-order valence-electron chi connectivity index (χ2n) is 7.26. The Balaban J connectivity index is 1.28. The number of benzene rings is 4. The monoisotopic (exact) mass is 570 g/mol. The molecule has 4 aromatic rings. The fraction of sp³-hybridized carbons (Fsp3) is 0.0385. The predicted molar refractivity (Wildman–Crippen MR) is 141 cm³/mol. The lowest BCUT2D eigenvalue weighted by atomic mass is 10.1. The molecule has 1 N–H and O–H groups in total. The standard InChI is InChI=1S/C26H17BrCl2N2O4/c27-25-20-4-2-1-3-17(20)7-12-23(25)34-15-24(32)31-30-14-16-5-9-19(10-6-16)35-26(33)21-11-8-18(28)13-22(21)29/h1-14H,15H2,(H,31,32)/b30-14+. The third kappa shape index (κ3) is 6.39. The van der Waals surface area contributed by atoms with Crippen molar-refractivity contribution in [3.05, 3.63) is 105 Å².